The van der Waals surface area contributed by atoms with Crippen molar-refractivity contribution in [3.63, 3.8) is 0 Å². The van der Waals surface area contributed by atoms with E-state index in [1.54, 1.807) is 97.1 Å². The van der Waals surface area contributed by atoms with Gasteiger partial charge in [0, 0.05) is 107 Å². The van der Waals surface area contributed by atoms with E-state index >= 15 is 0 Å². The van der Waals surface area contributed by atoms with Crippen LogP contribution in [0.4, 0.5) is 22.7 Å². The molecule has 4 aromatic carbocycles. The van der Waals surface area contributed by atoms with E-state index in [2.05, 4.69) is 35.1 Å². The highest BCUT2D eigenvalue weighted by atomic mass is 16.4. The lowest BCUT2D eigenvalue weighted by molar-refractivity contribution is 0.0696. The molecule has 1 aliphatic rings. The van der Waals surface area contributed by atoms with Crippen molar-refractivity contribution in [1.82, 2.24) is 0 Å². The van der Waals surface area contributed by atoms with E-state index < -0.39 is 23.7 Å². The molecule has 0 bridgehead atoms. The number of carbonyl (C=O) groups excluding carboxylic acids is 3. The molecule has 15 nitrogen and oxygen atoms in total. The average molecular weight is 692 g/mol. The molecule has 1 saturated heterocycles. The fraction of sp³-hybridized carbons (Fsp3) is 0.222. The Labute approximate surface area is 292 Å². The number of carboxylic acids is 1. The van der Waals surface area contributed by atoms with E-state index in [-0.39, 0.29) is 22.3 Å². The summed E-state index contributed by atoms with van der Waals surface area (Å²) in [5.74, 6) is -3.63. The SMILES string of the molecule is O=NC(=O)c1ccc(N2CCN(c3ccc(C(=O)O)cc3)CCN(c3ccc(C(=O)N=O)cc3)CCN(c3ccc(C(=O)N=O)cc3)CC2)cc1. The summed E-state index contributed by atoms with van der Waals surface area (Å²) < 4.78 is 0. The minimum Gasteiger partial charge on any atom is -0.478 e. The highest BCUT2D eigenvalue weighted by molar-refractivity contribution is 5.96. The van der Waals surface area contributed by atoms with Crippen molar-refractivity contribution in [2.24, 2.45) is 15.5 Å². The van der Waals surface area contributed by atoms with Crippen molar-refractivity contribution in [1.29, 1.82) is 0 Å². The number of carboxylic acid groups (broad SMARTS) is 1. The third-order valence-electron chi connectivity index (χ3n) is 8.73. The maximum atomic E-state index is 11.9. The first-order valence-electron chi connectivity index (χ1n) is 16.0. The number of amides is 3. The lowest BCUT2D eigenvalue weighted by atomic mass is 10.1. The normalized spacial score (nSPS) is 14.1. The van der Waals surface area contributed by atoms with E-state index in [0.29, 0.717) is 52.4 Å². The first-order chi connectivity index (χ1) is 24.7. The van der Waals surface area contributed by atoms with Crippen LogP contribution in [-0.2, 0) is 0 Å². The summed E-state index contributed by atoms with van der Waals surface area (Å²) in [5.41, 5.74) is 3.88. The molecule has 0 spiro atoms. The predicted molar refractivity (Wildman–Crippen MR) is 192 cm³/mol. The molecule has 0 unspecified atom stereocenters. The maximum Gasteiger partial charge on any atom is 0.335 e. The van der Waals surface area contributed by atoms with Gasteiger partial charge in [0.15, 0.2) is 0 Å². The minimum atomic E-state index is -1.03. The van der Waals surface area contributed by atoms with E-state index in [9.17, 15) is 39.0 Å². The van der Waals surface area contributed by atoms with E-state index in [1.165, 1.54) is 0 Å². The Morgan fingerprint density at radius 1 is 0.373 bits per heavy atom. The Kier molecular flexibility index (Phi) is 11.6. The fourth-order valence-corrected chi connectivity index (χ4v) is 5.86. The Balaban J connectivity index is 1.50. The molecular formula is C36H33N7O8. The van der Waals surface area contributed by atoms with Gasteiger partial charge in [-0.2, -0.15) is 0 Å². The number of hydrogen-bond donors (Lipinski definition) is 1. The third kappa shape index (κ3) is 8.89. The number of benzene rings is 4. The van der Waals surface area contributed by atoms with E-state index in [0.717, 1.165) is 22.7 Å². The number of hydrogen-bond acceptors (Lipinski definition) is 11. The molecule has 1 N–H and O–H groups in total. The van der Waals surface area contributed by atoms with Crippen molar-refractivity contribution in [2.75, 3.05) is 72.0 Å². The third-order valence-corrected chi connectivity index (χ3v) is 8.73. The zero-order valence-electron chi connectivity index (χ0n) is 27.3. The fourth-order valence-electron chi connectivity index (χ4n) is 5.86. The van der Waals surface area contributed by atoms with Gasteiger partial charge in [0.05, 0.1) is 5.56 Å². The standard InChI is InChI=1S/C36H33N7O8/c44-33(37-49)25-1-9-29(10-2-25)40-17-19-41(30-11-3-26(4-12-30)34(45)38-50)21-23-43(32-15-7-28(8-16-32)36(47)48)24-22-42(20-18-40)31-13-5-27(6-14-31)35(46)39-51/h1-16H,17-24H2,(H,47,48). The number of aromatic carboxylic acids is 1. The molecule has 0 aromatic heterocycles. The largest absolute Gasteiger partial charge is 0.478 e. The Morgan fingerprint density at radius 3 is 0.745 bits per heavy atom. The molecule has 4 aromatic rings. The van der Waals surface area contributed by atoms with Gasteiger partial charge in [0.1, 0.15) is 0 Å². The number of rotatable bonds is 8. The van der Waals surface area contributed by atoms with Crippen molar-refractivity contribution < 1.29 is 24.3 Å². The van der Waals surface area contributed by atoms with Gasteiger partial charge in [0.2, 0.25) is 0 Å². The number of carbonyl (C=O) groups is 4. The van der Waals surface area contributed by atoms with Crippen LogP contribution in [0.15, 0.2) is 113 Å². The van der Waals surface area contributed by atoms with Gasteiger partial charge < -0.3 is 24.7 Å². The van der Waals surface area contributed by atoms with E-state index in [4.69, 9.17) is 0 Å². The lowest BCUT2D eigenvalue weighted by Crippen LogP contribution is -2.46. The zero-order chi connectivity index (χ0) is 36.3. The Morgan fingerprint density at radius 2 is 0.569 bits per heavy atom. The van der Waals surface area contributed by atoms with Gasteiger partial charge in [-0.25, -0.2) is 4.79 Å². The first kappa shape index (κ1) is 35.7. The van der Waals surface area contributed by atoms with Gasteiger partial charge in [-0.3, -0.25) is 14.4 Å². The second kappa shape index (κ2) is 16.6. The molecule has 0 radical (unpaired) electrons. The monoisotopic (exact) mass is 691 g/mol. The smallest absolute Gasteiger partial charge is 0.335 e. The zero-order valence-corrected chi connectivity index (χ0v) is 27.3. The summed E-state index contributed by atoms with van der Waals surface area (Å²) in [6.07, 6.45) is 0. The second-order valence-electron chi connectivity index (χ2n) is 11.6. The average Bonchev–Trinajstić information content (AvgIpc) is 3.17. The van der Waals surface area contributed by atoms with Crippen LogP contribution < -0.4 is 19.6 Å². The van der Waals surface area contributed by atoms with Crippen LogP contribution in [0.5, 0.6) is 0 Å². The summed E-state index contributed by atoms with van der Waals surface area (Å²) in [7, 11) is 0. The van der Waals surface area contributed by atoms with Crippen LogP contribution in [0, 0.1) is 14.7 Å². The Hall–Kier alpha value is -6.64. The summed E-state index contributed by atoms with van der Waals surface area (Å²) in [6.45, 7) is 4.11. The molecule has 0 atom stereocenters. The van der Waals surface area contributed by atoms with Crippen molar-refractivity contribution in [3.8, 4) is 0 Å². The van der Waals surface area contributed by atoms with Crippen molar-refractivity contribution >= 4 is 46.4 Å². The van der Waals surface area contributed by atoms with Crippen molar-refractivity contribution in [3.05, 3.63) is 134 Å². The minimum absolute atomic E-state index is 0.162. The highest BCUT2D eigenvalue weighted by Gasteiger charge is 2.20. The number of anilines is 4. The molecule has 0 aliphatic carbocycles. The molecule has 1 fully saturated rings. The van der Waals surface area contributed by atoms with Crippen LogP contribution in [0.3, 0.4) is 0 Å². The summed E-state index contributed by atoms with van der Waals surface area (Å²) >= 11 is 0. The van der Waals surface area contributed by atoms with E-state index in [1.807, 2.05) is 0 Å². The summed E-state index contributed by atoms with van der Waals surface area (Å²) in [6, 6.07) is 26.4. The predicted octanol–water partition coefficient (Wildman–Crippen LogP) is 5.44. The number of nitrogens with zero attached hydrogens (tertiary/aromatic N) is 7. The highest BCUT2D eigenvalue weighted by Crippen LogP contribution is 2.23. The molecule has 1 heterocycles. The number of nitroso groups, excluding NO2 is 3. The topological polar surface area (TPSA) is 190 Å². The summed E-state index contributed by atoms with van der Waals surface area (Å²) in [5, 5.41) is 17.0. The molecular weight excluding hydrogens is 658 g/mol. The molecule has 0 saturated carbocycles. The van der Waals surface area contributed by atoms with Gasteiger partial charge >= 0.3 is 23.7 Å². The van der Waals surface area contributed by atoms with Crippen molar-refractivity contribution in [2.45, 2.75) is 0 Å². The first-order valence-corrected chi connectivity index (χ1v) is 16.0. The molecule has 5 rings (SSSR count). The van der Waals surface area contributed by atoms with Crippen LogP contribution >= 0.6 is 0 Å². The molecule has 1 aliphatic heterocycles. The van der Waals surface area contributed by atoms with Crippen LogP contribution in [0.2, 0.25) is 0 Å². The van der Waals surface area contributed by atoms with Crippen LogP contribution in [0.1, 0.15) is 41.4 Å². The summed E-state index contributed by atoms with van der Waals surface area (Å²) in [4.78, 5) is 88.2. The van der Waals surface area contributed by atoms with Gasteiger partial charge in [-0.15, -0.1) is 14.7 Å². The maximum absolute atomic E-state index is 11.9. The second-order valence-corrected chi connectivity index (χ2v) is 11.6. The van der Waals surface area contributed by atoms with Gasteiger partial charge in [-0.1, -0.05) is 0 Å². The van der Waals surface area contributed by atoms with Crippen LogP contribution in [0.25, 0.3) is 0 Å². The van der Waals surface area contributed by atoms with Gasteiger partial charge in [0.25, 0.3) is 0 Å². The van der Waals surface area contributed by atoms with Crippen LogP contribution in [-0.4, -0.2) is 81.2 Å². The molecule has 15 heteroatoms. The van der Waals surface area contributed by atoms with Gasteiger partial charge in [-0.05, 0) is 97.1 Å². The molecule has 51 heavy (non-hydrogen) atoms. The molecule has 260 valence electrons. The molecule has 3 amide bonds. The lowest BCUT2D eigenvalue weighted by Gasteiger charge is -2.37. The Bertz CT molecular complexity index is 1820. The quantitative estimate of drug-likeness (QED) is 0.231.